The number of hydrogen-bond acceptors (Lipinski definition) is 2. The molecule has 0 saturated heterocycles. The summed E-state index contributed by atoms with van der Waals surface area (Å²) in [5, 5.41) is 4.20. The Morgan fingerprint density at radius 1 is 1.35 bits per heavy atom. The first-order chi connectivity index (χ1) is 8.19. The maximum absolute atomic E-state index is 13.0. The molecule has 1 N–H and O–H groups in total. The molecule has 1 aromatic heterocycles. The van der Waals surface area contributed by atoms with Crippen LogP contribution in [0.25, 0.3) is 11.0 Å². The molecular formula is C14H18FNO. The van der Waals surface area contributed by atoms with E-state index in [-0.39, 0.29) is 5.82 Å². The van der Waals surface area contributed by atoms with Gasteiger partial charge in [0, 0.05) is 17.8 Å². The summed E-state index contributed by atoms with van der Waals surface area (Å²) in [4.78, 5) is 0. The molecule has 0 bridgehead atoms. The molecule has 17 heavy (non-hydrogen) atoms. The van der Waals surface area contributed by atoms with Crippen LogP contribution in [0.2, 0.25) is 0 Å². The van der Waals surface area contributed by atoms with Crippen molar-refractivity contribution >= 4 is 11.0 Å². The molecule has 1 aromatic carbocycles. The fourth-order valence-corrected chi connectivity index (χ4v) is 2.00. The number of aryl methyl sites for hydroxylation is 1. The Labute approximate surface area is 101 Å². The van der Waals surface area contributed by atoms with Crippen LogP contribution in [0.3, 0.4) is 0 Å². The minimum Gasteiger partial charge on any atom is -0.461 e. The van der Waals surface area contributed by atoms with Crippen LogP contribution in [-0.4, -0.2) is 12.6 Å². The van der Waals surface area contributed by atoms with Crippen LogP contribution in [0, 0.1) is 5.82 Å². The average molecular weight is 235 g/mol. The summed E-state index contributed by atoms with van der Waals surface area (Å²) in [7, 11) is 0. The highest BCUT2D eigenvalue weighted by Crippen LogP contribution is 2.21. The molecule has 2 rings (SSSR count). The zero-order valence-electron chi connectivity index (χ0n) is 10.3. The van der Waals surface area contributed by atoms with Gasteiger partial charge in [-0.15, -0.1) is 0 Å². The quantitative estimate of drug-likeness (QED) is 0.858. The van der Waals surface area contributed by atoms with Gasteiger partial charge in [-0.2, -0.15) is 0 Å². The van der Waals surface area contributed by atoms with Crippen molar-refractivity contribution in [1.82, 2.24) is 5.32 Å². The summed E-state index contributed by atoms with van der Waals surface area (Å²) in [6.07, 6.45) is 1.90. The van der Waals surface area contributed by atoms with E-state index in [1.165, 1.54) is 12.1 Å². The second-order valence-corrected chi connectivity index (χ2v) is 4.39. The van der Waals surface area contributed by atoms with Crippen molar-refractivity contribution < 1.29 is 8.81 Å². The van der Waals surface area contributed by atoms with Crippen LogP contribution in [0.1, 0.15) is 26.0 Å². The molecule has 3 heteroatoms. The second-order valence-electron chi connectivity index (χ2n) is 4.39. The minimum absolute atomic E-state index is 0.217. The highest BCUT2D eigenvalue weighted by atomic mass is 19.1. The number of furan rings is 1. The number of rotatable bonds is 5. The largest absolute Gasteiger partial charge is 0.461 e. The van der Waals surface area contributed by atoms with Gasteiger partial charge in [0.05, 0.1) is 0 Å². The molecule has 0 radical (unpaired) electrons. The molecule has 0 aliphatic heterocycles. The Bertz CT molecular complexity index is 492. The zero-order valence-corrected chi connectivity index (χ0v) is 10.3. The predicted molar refractivity (Wildman–Crippen MR) is 67.6 cm³/mol. The van der Waals surface area contributed by atoms with Crippen molar-refractivity contribution in [2.24, 2.45) is 0 Å². The van der Waals surface area contributed by atoms with Gasteiger partial charge in [0.2, 0.25) is 0 Å². The molecular weight excluding hydrogens is 217 g/mol. The molecule has 1 unspecified atom stereocenters. The summed E-state index contributed by atoms with van der Waals surface area (Å²) in [6.45, 7) is 5.23. The topological polar surface area (TPSA) is 25.2 Å². The third-order valence-corrected chi connectivity index (χ3v) is 2.91. The van der Waals surface area contributed by atoms with Gasteiger partial charge in [0.25, 0.3) is 0 Å². The fraction of sp³-hybridized carbons (Fsp3) is 0.429. The van der Waals surface area contributed by atoms with Gasteiger partial charge < -0.3 is 9.73 Å². The van der Waals surface area contributed by atoms with E-state index in [0.29, 0.717) is 6.04 Å². The van der Waals surface area contributed by atoms with Crippen molar-refractivity contribution in [3.05, 3.63) is 35.8 Å². The van der Waals surface area contributed by atoms with Crippen molar-refractivity contribution in [2.75, 3.05) is 6.54 Å². The van der Waals surface area contributed by atoms with Crippen LogP contribution in [-0.2, 0) is 6.42 Å². The molecule has 2 aromatic rings. The third-order valence-electron chi connectivity index (χ3n) is 2.91. The molecule has 2 nitrogen and oxygen atoms in total. The van der Waals surface area contributed by atoms with Crippen molar-refractivity contribution in [1.29, 1.82) is 0 Å². The first kappa shape index (κ1) is 12.1. The van der Waals surface area contributed by atoms with Gasteiger partial charge in [-0.05, 0) is 44.2 Å². The lowest BCUT2D eigenvalue weighted by molar-refractivity contribution is 0.483. The third kappa shape index (κ3) is 3.07. The van der Waals surface area contributed by atoms with E-state index in [1.54, 1.807) is 6.07 Å². The molecule has 1 atom stereocenters. The van der Waals surface area contributed by atoms with Crippen LogP contribution in [0.15, 0.2) is 28.7 Å². The van der Waals surface area contributed by atoms with Crippen molar-refractivity contribution in [3.63, 3.8) is 0 Å². The lowest BCUT2D eigenvalue weighted by atomic mass is 10.1. The van der Waals surface area contributed by atoms with Crippen molar-refractivity contribution in [2.45, 2.75) is 32.7 Å². The lowest BCUT2D eigenvalue weighted by Gasteiger charge is -2.10. The lowest BCUT2D eigenvalue weighted by Crippen LogP contribution is -2.25. The van der Waals surface area contributed by atoms with Gasteiger partial charge in [-0.25, -0.2) is 4.39 Å². The van der Waals surface area contributed by atoms with Crippen molar-refractivity contribution in [3.8, 4) is 0 Å². The Morgan fingerprint density at radius 3 is 2.94 bits per heavy atom. The van der Waals surface area contributed by atoms with Crippen LogP contribution in [0.5, 0.6) is 0 Å². The number of fused-ring (bicyclic) bond motifs is 1. The van der Waals surface area contributed by atoms with Gasteiger partial charge in [-0.3, -0.25) is 0 Å². The monoisotopic (exact) mass is 235 g/mol. The molecule has 0 aliphatic carbocycles. The van der Waals surface area contributed by atoms with Crippen LogP contribution in [0.4, 0.5) is 4.39 Å². The SMILES string of the molecule is CCNC(C)CCc1cc2cc(F)ccc2o1. The summed E-state index contributed by atoms with van der Waals surface area (Å²) in [5.74, 6) is 0.709. The Hall–Kier alpha value is -1.35. The summed E-state index contributed by atoms with van der Waals surface area (Å²) in [5.41, 5.74) is 0.762. The zero-order chi connectivity index (χ0) is 12.3. The molecule has 92 valence electrons. The molecule has 0 saturated carbocycles. The van der Waals surface area contributed by atoms with Crippen LogP contribution >= 0.6 is 0 Å². The number of hydrogen-bond donors (Lipinski definition) is 1. The minimum atomic E-state index is -0.217. The molecule has 0 spiro atoms. The maximum atomic E-state index is 13.0. The predicted octanol–water partition coefficient (Wildman–Crippen LogP) is 3.50. The molecule has 0 amide bonds. The Balaban J connectivity index is 2.04. The highest BCUT2D eigenvalue weighted by molar-refractivity contribution is 5.77. The molecule has 1 heterocycles. The van der Waals surface area contributed by atoms with E-state index in [0.717, 1.165) is 36.1 Å². The number of halogens is 1. The Kier molecular flexibility index (Phi) is 3.79. The van der Waals surface area contributed by atoms with Crippen LogP contribution < -0.4 is 5.32 Å². The van der Waals surface area contributed by atoms with E-state index < -0.39 is 0 Å². The summed E-state index contributed by atoms with van der Waals surface area (Å²) >= 11 is 0. The van der Waals surface area contributed by atoms with E-state index in [4.69, 9.17) is 4.42 Å². The number of benzene rings is 1. The Morgan fingerprint density at radius 2 is 2.18 bits per heavy atom. The smallest absolute Gasteiger partial charge is 0.134 e. The van der Waals surface area contributed by atoms with Gasteiger partial charge in [0.1, 0.15) is 17.2 Å². The van der Waals surface area contributed by atoms with E-state index in [9.17, 15) is 4.39 Å². The average Bonchev–Trinajstić information content (AvgIpc) is 2.68. The summed E-state index contributed by atoms with van der Waals surface area (Å²) < 4.78 is 18.7. The molecule has 0 fully saturated rings. The highest BCUT2D eigenvalue weighted by Gasteiger charge is 2.06. The van der Waals surface area contributed by atoms with E-state index in [2.05, 4.69) is 19.2 Å². The van der Waals surface area contributed by atoms with Gasteiger partial charge >= 0.3 is 0 Å². The maximum Gasteiger partial charge on any atom is 0.134 e. The van der Waals surface area contributed by atoms with E-state index in [1.807, 2.05) is 6.07 Å². The first-order valence-electron chi connectivity index (χ1n) is 6.10. The van der Waals surface area contributed by atoms with Gasteiger partial charge in [0.15, 0.2) is 0 Å². The first-order valence-corrected chi connectivity index (χ1v) is 6.10. The fourth-order valence-electron chi connectivity index (χ4n) is 2.00. The number of nitrogens with one attached hydrogen (secondary N) is 1. The molecule has 0 aliphatic rings. The standard InChI is InChI=1S/C14H18FNO/c1-3-16-10(2)4-6-13-9-11-8-12(15)5-7-14(11)17-13/h5,7-10,16H,3-4,6H2,1-2H3. The summed E-state index contributed by atoms with van der Waals surface area (Å²) in [6, 6.07) is 7.02. The normalized spacial score (nSPS) is 13.1. The second kappa shape index (κ2) is 5.32. The van der Waals surface area contributed by atoms with Gasteiger partial charge in [-0.1, -0.05) is 6.92 Å². The van der Waals surface area contributed by atoms with E-state index >= 15 is 0 Å².